The van der Waals surface area contributed by atoms with E-state index in [2.05, 4.69) is 27.7 Å². The van der Waals surface area contributed by atoms with Gasteiger partial charge in [0.2, 0.25) is 0 Å². The third-order valence-electron chi connectivity index (χ3n) is 5.23. The van der Waals surface area contributed by atoms with Gasteiger partial charge in [-0.25, -0.2) is 4.79 Å². The average molecular weight is 363 g/mol. The van der Waals surface area contributed by atoms with Crippen LogP contribution in [0, 0.1) is 0 Å². The van der Waals surface area contributed by atoms with Crippen molar-refractivity contribution in [1.29, 1.82) is 0 Å². The Morgan fingerprint density at radius 3 is 1.92 bits per heavy atom. The molecule has 0 aliphatic carbocycles. The van der Waals surface area contributed by atoms with Crippen LogP contribution in [0.25, 0.3) is 0 Å². The maximum absolute atomic E-state index is 12.3. The van der Waals surface area contributed by atoms with E-state index in [-0.39, 0.29) is 11.4 Å². The highest BCUT2D eigenvalue weighted by molar-refractivity contribution is 5.92. The monoisotopic (exact) mass is 362 g/mol. The lowest BCUT2D eigenvalue weighted by Crippen LogP contribution is -2.21. The van der Waals surface area contributed by atoms with Gasteiger partial charge in [-0.3, -0.25) is 0 Å². The number of nitrogens with two attached hydrogens (primary N) is 2. The highest BCUT2D eigenvalue weighted by Gasteiger charge is 2.25. The number of anilines is 2. The summed E-state index contributed by atoms with van der Waals surface area (Å²) < 4.78 is 5.38. The van der Waals surface area contributed by atoms with E-state index < -0.39 is 0 Å². The second kappa shape index (κ2) is 11.1. The molecule has 0 aliphatic heterocycles. The number of nitrogen functional groups attached to an aromatic ring is 2. The lowest BCUT2D eigenvalue weighted by molar-refractivity contribution is 0.0497. The summed E-state index contributed by atoms with van der Waals surface area (Å²) in [4.78, 5) is 12.3. The van der Waals surface area contributed by atoms with Gasteiger partial charge < -0.3 is 16.2 Å². The number of carbonyl (C=O) groups excluding carboxylic acids is 1. The van der Waals surface area contributed by atoms with Crippen molar-refractivity contribution in [3.05, 3.63) is 23.3 Å². The number of hydrogen-bond donors (Lipinski definition) is 2. The normalized spacial score (nSPS) is 11.5. The summed E-state index contributed by atoms with van der Waals surface area (Å²) in [5.41, 5.74) is 14.7. The smallest absolute Gasteiger partial charge is 0.338 e. The average Bonchev–Trinajstić information content (AvgIpc) is 2.59. The molecule has 0 heterocycles. The van der Waals surface area contributed by atoms with Gasteiger partial charge in [-0.05, 0) is 30.4 Å². The molecule has 26 heavy (non-hydrogen) atoms. The van der Waals surface area contributed by atoms with Crippen LogP contribution >= 0.6 is 0 Å². The minimum absolute atomic E-state index is 0.117. The summed E-state index contributed by atoms with van der Waals surface area (Å²) in [6, 6.07) is 3.39. The van der Waals surface area contributed by atoms with Crippen LogP contribution in [-0.2, 0) is 10.2 Å². The Hall–Kier alpha value is -1.71. The van der Waals surface area contributed by atoms with Crippen LogP contribution in [0.5, 0.6) is 0 Å². The number of benzene rings is 1. The zero-order chi connectivity index (χ0) is 19.6. The molecule has 1 rings (SSSR count). The second-order valence-corrected chi connectivity index (χ2v) is 7.88. The first kappa shape index (κ1) is 22.3. The summed E-state index contributed by atoms with van der Waals surface area (Å²) in [6.07, 6.45) is 10.7. The van der Waals surface area contributed by atoms with Gasteiger partial charge in [0.1, 0.15) is 0 Å². The van der Waals surface area contributed by atoms with E-state index in [1.165, 1.54) is 38.5 Å². The Morgan fingerprint density at radius 1 is 0.923 bits per heavy atom. The predicted molar refractivity (Wildman–Crippen MR) is 111 cm³/mol. The van der Waals surface area contributed by atoms with Crippen LogP contribution in [0.15, 0.2) is 12.1 Å². The number of unbranched alkanes of at least 4 members (excludes halogenated alkanes) is 7. The lowest BCUT2D eigenvalue weighted by atomic mass is 9.80. The van der Waals surface area contributed by atoms with Crippen molar-refractivity contribution >= 4 is 17.3 Å². The van der Waals surface area contributed by atoms with Crippen molar-refractivity contribution in [2.45, 2.75) is 90.9 Å². The third kappa shape index (κ3) is 6.89. The molecule has 0 radical (unpaired) electrons. The van der Waals surface area contributed by atoms with Crippen LogP contribution in [0.1, 0.15) is 101 Å². The van der Waals surface area contributed by atoms with E-state index in [4.69, 9.17) is 16.2 Å². The van der Waals surface area contributed by atoms with Gasteiger partial charge in [0.25, 0.3) is 0 Å². The van der Waals surface area contributed by atoms with Crippen molar-refractivity contribution in [2.75, 3.05) is 18.1 Å². The van der Waals surface area contributed by atoms with E-state index in [0.717, 1.165) is 24.8 Å². The molecule has 0 spiro atoms. The van der Waals surface area contributed by atoms with Gasteiger partial charge in [-0.2, -0.15) is 0 Å². The Morgan fingerprint density at radius 2 is 1.42 bits per heavy atom. The summed E-state index contributed by atoms with van der Waals surface area (Å²) in [7, 11) is 0. The van der Waals surface area contributed by atoms with Crippen molar-refractivity contribution in [3.8, 4) is 0 Å². The van der Waals surface area contributed by atoms with Crippen LogP contribution in [-0.4, -0.2) is 12.6 Å². The first-order valence-corrected chi connectivity index (χ1v) is 10.2. The molecule has 1 aromatic rings. The number of rotatable bonds is 12. The Labute approximate surface area is 159 Å². The van der Waals surface area contributed by atoms with Crippen LogP contribution in [0.3, 0.4) is 0 Å². The highest BCUT2D eigenvalue weighted by atomic mass is 16.5. The standard InChI is InChI=1S/C22H38N2O2/c1-5-7-8-9-10-11-12-13-14-26-21(25)17-15-18(23)20(19(24)16-17)22(3,4)6-2/h15-16H,5-14,23-24H2,1-4H3. The maximum atomic E-state index is 12.3. The van der Waals surface area contributed by atoms with E-state index >= 15 is 0 Å². The van der Waals surface area contributed by atoms with Crippen molar-refractivity contribution in [1.82, 2.24) is 0 Å². The molecule has 0 aromatic heterocycles. The van der Waals surface area contributed by atoms with Crippen molar-refractivity contribution < 1.29 is 9.53 Å². The largest absolute Gasteiger partial charge is 0.462 e. The minimum Gasteiger partial charge on any atom is -0.462 e. The van der Waals surface area contributed by atoms with Crippen molar-refractivity contribution in [2.24, 2.45) is 0 Å². The van der Waals surface area contributed by atoms with Crippen LogP contribution in [0.2, 0.25) is 0 Å². The molecule has 0 atom stereocenters. The number of hydrogen-bond acceptors (Lipinski definition) is 4. The first-order chi connectivity index (χ1) is 12.3. The molecule has 4 N–H and O–H groups in total. The van der Waals surface area contributed by atoms with Crippen molar-refractivity contribution in [3.63, 3.8) is 0 Å². The minimum atomic E-state index is -0.341. The molecule has 0 aliphatic rings. The van der Waals surface area contributed by atoms with E-state index in [0.29, 0.717) is 23.5 Å². The van der Waals surface area contributed by atoms with Gasteiger partial charge in [-0.15, -0.1) is 0 Å². The van der Waals surface area contributed by atoms with E-state index in [9.17, 15) is 4.79 Å². The number of ether oxygens (including phenoxy) is 1. The first-order valence-electron chi connectivity index (χ1n) is 10.2. The molecule has 0 bridgehead atoms. The molecular weight excluding hydrogens is 324 g/mol. The molecule has 0 saturated carbocycles. The molecule has 148 valence electrons. The fraction of sp³-hybridized carbons (Fsp3) is 0.682. The maximum Gasteiger partial charge on any atom is 0.338 e. The summed E-state index contributed by atoms with van der Waals surface area (Å²) in [5, 5.41) is 0. The Balaban J connectivity index is 2.44. The second-order valence-electron chi connectivity index (χ2n) is 7.88. The Kier molecular flexibility index (Phi) is 9.53. The molecule has 4 nitrogen and oxygen atoms in total. The zero-order valence-electron chi connectivity index (χ0n) is 17.2. The molecule has 0 saturated heterocycles. The lowest BCUT2D eigenvalue weighted by Gasteiger charge is -2.27. The number of carbonyl (C=O) groups is 1. The fourth-order valence-electron chi connectivity index (χ4n) is 3.25. The predicted octanol–water partition coefficient (Wildman–Crippen LogP) is 5.84. The van der Waals surface area contributed by atoms with Gasteiger partial charge in [-0.1, -0.05) is 72.6 Å². The van der Waals surface area contributed by atoms with Gasteiger partial charge in [0.15, 0.2) is 0 Å². The molecule has 0 unspecified atom stereocenters. The quantitative estimate of drug-likeness (QED) is 0.278. The molecule has 1 aromatic carbocycles. The molecule has 0 amide bonds. The van der Waals surface area contributed by atoms with Gasteiger partial charge in [0.05, 0.1) is 12.2 Å². The summed E-state index contributed by atoms with van der Waals surface area (Å²) in [5.74, 6) is -0.341. The summed E-state index contributed by atoms with van der Waals surface area (Å²) >= 11 is 0. The van der Waals surface area contributed by atoms with E-state index in [1.54, 1.807) is 12.1 Å². The topological polar surface area (TPSA) is 78.3 Å². The molecule has 0 fully saturated rings. The molecule has 4 heteroatoms. The van der Waals surface area contributed by atoms with Crippen LogP contribution in [0.4, 0.5) is 11.4 Å². The van der Waals surface area contributed by atoms with Gasteiger partial charge in [0, 0.05) is 16.9 Å². The zero-order valence-corrected chi connectivity index (χ0v) is 17.2. The molecular formula is C22H38N2O2. The van der Waals surface area contributed by atoms with Gasteiger partial charge >= 0.3 is 5.97 Å². The fourth-order valence-corrected chi connectivity index (χ4v) is 3.25. The summed E-state index contributed by atoms with van der Waals surface area (Å²) in [6.45, 7) is 9.00. The third-order valence-corrected chi connectivity index (χ3v) is 5.23. The van der Waals surface area contributed by atoms with E-state index in [1.807, 2.05) is 0 Å². The number of esters is 1. The SMILES string of the molecule is CCCCCCCCCCOC(=O)c1cc(N)c(C(C)(C)CC)c(N)c1. The van der Waals surface area contributed by atoms with Crippen LogP contribution < -0.4 is 11.5 Å². The highest BCUT2D eigenvalue weighted by Crippen LogP contribution is 2.36. The Bertz CT molecular complexity index is 544.